The van der Waals surface area contributed by atoms with E-state index in [2.05, 4.69) is 6.92 Å². The minimum Gasteiger partial charge on any atom is -0.508 e. The average Bonchev–Trinajstić information content (AvgIpc) is 2.19. The lowest BCUT2D eigenvalue weighted by Crippen LogP contribution is -1.96. The molecular weight excluding hydrogens is 200 g/mol. The molecular formula is C11H15ClO2. The van der Waals surface area contributed by atoms with Gasteiger partial charge in [0.25, 0.3) is 0 Å². The first-order chi connectivity index (χ1) is 6.69. The number of aliphatic hydroxyl groups is 1. The Kier molecular flexibility index (Phi) is 4.23. The van der Waals surface area contributed by atoms with E-state index < -0.39 is 0 Å². The second-order valence-electron chi connectivity index (χ2n) is 3.42. The van der Waals surface area contributed by atoms with Crippen LogP contribution in [0.25, 0.3) is 0 Å². The topological polar surface area (TPSA) is 40.5 Å². The van der Waals surface area contributed by atoms with E-state index in [1.807, 2.05) is 12.1 Å². The highest BCUT2D eigenvalue weighted by Gasteiger charge is 2.07. The Hall–Kier alpha value is -0.730. The van der Waals surface area contributed by atoms with Crippen LogP contribution < -0.4 is 0 Å². The third kappa shape index (κ3) is 2.63. The lowest BCUT2D eigenvalue weighted by Gasteiger charge is -2.11. The Bertz CT molecular complexity index is 299. The second-order valence-corrected chi connectivity index (χ2v) is 3.80. The van der Waals surface area contributed by atoms with Crippen molar-refractivity contribution < 1.29 is 10.2 Å². The first kappa shape index (κ1) is 11.3. The molecule has 0 saturated carbocycles. The molecule has 78 valence electrons. The Labute approximate surface area is 89.1 Å². The highest BCUT2D eigenvalue weighted by molar-refractivity contribution is 6.17. The molecule has 0 aromatic heterocycles. The minimum atomic E-state index is -0.132. The number of aromatic hydroxyl groups is 1. The van der Waals surface area contributed by atoms with E-state index in [1.54, 1.807) is 6.07 Å². The van der Waals surface area contributed by atoms with Crippen molar-refractivity contribution in [3.05, 3.63) is 29.3 Å². The summed E-state index contributed by atoms with van der Waals surface area (Å²) in [5.74, 6) is 1.13. The van der Waals surface area contributed by atoms with E-state index in [4.69, 9.17) is 16.7 Å². The number of halogens is 1. The fraction of sp³-hybridized carbons (Fsp3) is 0.455. The molecule has 1 rings (SSSR count). The van der Waals surface area contributed by atoms with Crippen molar-refractivity contribution in [1.29, 1.82) is 0 Å². The first-order valence-electron chi connectivity index (χ1n) is 4.67. The maximum absolute atomic E-state index is 9.36. The van der Waals surface area contributed by atoms with E-state index >= 15 is 0 Å². The summed E-state index contributed by atoms with van der Waals surface area (Å²) in [4.78, 5) is 0. The Morgan fingerprint density at radius 3 is 2.71 bits per heavy atom. The van der Waals surface area contributed by atoms with Gasteiger partial charge in [-0.15, -0.1) is 11.6 Å². The van der Waals surface area contributed by atoms with Gasteiger partial charge in [0.1, 0.15) is 5.75 Å². The van der Waals surface area contributed by atoms with Crippen molar-refractivity contribution in [3.8, 4) is 5.75 Å². The third-order valence-corrected chi connectivity index (χ3v) is 2.60. The van der Waals surface area contributed by atoms with Gasteiger partial charge < -0.3 is 10.2 Å². The molecule has 2 N–H and O–H groups in total. The van der Waals surface area contributed by atoms with E-state index in [9.17, 15) is 5.11 Å². The fourth-order valence-electron chi connectivity index (χ4n) is 1.37. The van der Waals surface area contributed by atoms with Gasteiger partial charge >= 0.3 is 0 Å². The van der Waals surface area contributed by atoms with Gasteiger partial charge in [0, 0.05) is 11.4 Å². The van der Waals surface area contributed by atoms with Crippen LogP contribution in [-0.2, 0) is 6.61 Å². The molecule has 0 heterocycles. The fourth-order valence-corrected chi connectivity index (χ4v) is 1.70. The maximum Gasteiger partial charge on any atom is 0.121 e. The molecule has 0 aliphatic heterocycles. The number of benzene rings is 1. The second kappa shape index (κ2) is 5.23. The molecule has 0 fully saturated rings. The number of aliphatic hydroxyl groups excluding tert-OH is 1. The molecule has 1 unspecified atom stereocenters. The SMILES string of the molecule is CC(CCCl)c1ccc(O)c(CO)c1. The summed E-state index contributed by atoms with van der Waals surface area (Å²) in [7, 11) is 0. The van der Waals surface area contributed by atoms with E-state index in [-0.39, 0.29) is 12.4 Å². The maximum atomic E-state index is 9.36. The normalized spacial score (nSPS) is 12.8. The zero-order valence-corrected chi connectivity index (χ0v) is 8.96. The molecule has 2 nitrogen and oxygen atoms in total. The quantitative estimate of drug-likeness (QED) is 0.757. The molecule has 0 aliphatic rings. The monoisotopic (exact) mass is 214 g/mol. The van der Waals surface area contributed by atoms with Crippen LogP contribution in [0.3, 0.4) is 0 Å². The first-order valence-corrected chi connectivity index (χ1v) is 5.21. The van der Waals surface area contributed by atoms with Crippen molar-refractivity contribution >= 4 is 11.6 Å². The van der Waals surface area contributed by atoms with Crippen LogP contribution in [0.1, 0.15) is 30.4 Å². The predicted octanol–water partition coefficient (Wildman–Crippen LogP) is 2.62. The molecule has 1 aromatic carbocycles. The summed E-state index contributed by atoms with van der Waals surface area (Å²) in [5, 5.41) is 18.3. The van der Waals surface area contributed by atoms with Gasteiger partial charge in [-0.25, -0.2) is 0 Å². The van der Waals surface area contributed by atoms with E-state index in [0.29, 0.717) is 17.4 Å². The summed E-state index contributed by atoms with van der Waals surface area (Å²) in [5.41, 5.74) is 1.68. The van der Waals surface area contributed by atoms with Gasteiger partial charge in [0.05, 0.1) is 6.61 Å². The summed E-state index contributed by atoms with van der Waals surface area (Å²) in [6.07, 6.45) is 0.900. The van der Waals surface area contributed by atoms with E-state index in [1.165, 1.54) is 0 Å². The third-order valence-electron chi connectivity index (χ3n) is 2.39. The van der Waals surface area contributed by atoms with Crippen LogP contribution in [0.4, 0.5) is 0 Å². The Morgan fingerprint density at radius 2 is 2.14 bits per heavy atom. The van der Waals surface area contributed by atoms with Gasteiger partial charge in [-0.2, -0.15) is 0 Å². The summed E-state index contributed by atoms with van der Waals surface area (Å²) in [6.45, 7) is 1.95. The van der Waals surface area contributed by atoms with Crippen molar-refractivity contribution in [2.24, 2.45) is 0 Å². The highest BCUT2D eigenvalue weighted by Crippen LogP contribution is 2.25. The van der Waals surface area contributed by atoms with Gasteiger partial charge in [0.15, 0.2) is 0 Å². The van der Waals surface area contributed by atoms with Crippen LogP contribution in [0.5, 0.6) is 5.75 Å². The Morgan fingerprint density at radius 1 is 1.43 bits per heavy atom. The standard InChI is InChI=1S/C11H15ClO2/c1-8(4-5-12)9-2-3-11(14)10(6-9)7-13/h2-3,6,8,13-14H,4-5,7H2,1H3. The van der Waals surface area contributed by atoms with Gasteiger partial charge in [-0.3, -0.25) is 0 Å². The predicted molar refractivity (Wildman–Crippen MR) is 57.8 cm³/mol. The largest absolute Gasteiger partial charge is 0.508 e. The molecule has 0 radical (unpaired) electrons. The molecule has 3 heteroatoms. The zero-order valence-electron chi connectivity index (χ0n) is 8.20. The van der Waals surface area contributed by atoms with Crippen molar-refractivity contribution in [2.75, 3.05) is 5.88 Å². The molecule has 0 bridgehead atoms. The number of phenols is 1. The highest BCUT2D eigenvalue weighted by atomic mass is 35.5. The van der Waals surface area contributed by atoms with Crippen LogP contribution in [0.2, 0.25) is 0 Å². The molecule has 14 heavy (non-hydrogen) atoms. The van der Waals surface area contributed by atoms with Crippen molar-refractivity contribution in [3.63, 3.8) is 0 Å². The number of alkyl halides is 1. The lowest BCUT2D eigenvalue weighted by atomic mass is 9.96. The smallest absolute Gasteiger partial charge is 0.121 e. The molecule has 1 aromatic rings. The van der Waals surface area contributed by atoms with E-state index in [0.717, 1.165) is 12.0 Å². The summed E-state index contributed by atoms with van der Waals surface area (Å²) in [6, 6.07) is 5.31. The van der Waals surface area contributed by atoms with Crippen molar-refractivity contribution in [2.45, 2.75) is 25.9 Å². The van der Waals surface area contributed by atoms with Crippen LogP contribution in [0, 0.1) is 0 Å². The molecule has 0 saturated heterocycles. The minimum absolute atomic E-state index is 0.132. The van der Waals surface area contributed by atoms with Crippen LogP contribution in [0.15, 0.2) is 18.2 Å². The number of rotatable bonds is 4. The van der Waals surface area contributed by atoms with Crippen LogP contribution in [-0.4, -0.2) is 16.1 Å². The zero-order chi connectivity index (χ0) is 10.6. The number of hydrogen-bond donors (Lipinski definition) is 2. The van der Waals surface area contributed by atoms with Gasteiger partial charge in [-0.1, -0.05) is 13.0 Å². The van der Waals surface area contributed by atoms with Crippen molar-refractivity contribution in [1.82, 2.24) is 0 Å². The number of hydrogen-bond acceptors (Lipinski definition) is 2. The van der Waals surface area contributed by atoms with Gasteiger partial charge in [-0.05, 0) is 30.0 Å². The average molecular weight is 215 g/mol. The molecule has 0 amide bonds. The molecule has 0 spiro atoms. The summed E-state index contributed by atoms with van der Waals surface area (Å²) < 4.78 is 0. The van der Waals surface area contributed by atoms with Crippen LogP contribution >= 0.6 is 11.6 Å². The lowest BCUT2D eigenvalue weighted by molar-refractivity contribution is 0.275. The van der Waals surface area contributed by atoms with Gasteiger partial charge in [0.2, 0.25) is 0 Å². The Balaban J connectivity index is 2.88. The molecule has 0 aliphatic carbocycles. The molecule has 1 atom stereocenters. The summed E-state index contributed by atoms with van der Waals surface area (Å²) >= 11 is 5.65.